The van der Waals surface area contributed by atoms with Crippen LogP contribution in [0.5, 0.6) is 0 Å². The van der Waals surface area contributed by atoms with E-state index in [0.29, 0.717) is 0 Å². The summed E-state index contributed by atoms with van der Waals surface area (Å²) in [6, 6.07) is 10.8. The Kier molecular flexibility index (Phi) is 14.8. The van der Waals surface area contributed by atoms with Crippen LogP contribution >= 0.6 is 0 Å². The van der Waals surface area contributed by atoms with Gasteiger partial charge in [0.05, 0.1) is 0 Å². The third-order valence-corrected chi connectivity index (χ3v) is 5.35. The van der Waals surface area contributed by atoms with Gasteiger partial charge in [-0.1, -0.05) is 134 Å². The van der Waals surface area contributed by atoms with E-state index in [2.05, 4.69) is 37.3 Å². The summed E-state index contributed by atoms with van der Waals surface area (Å²) in [5, 5.41) is 0. The Morgan fingerprint density at radius 2 is 1.00 bits per heavy atom. The van der Waals surface area contributed by atoms with Gasteiger partial charge in [-0.2, -0.15) is 0 Å². The van der Waals surface area contributed by atoms with Crippen molar-refractivity contribution in [2.75, 3.05) is 0 Å². The van der Waals surface area contributed by atoms with Gasteiger partial charge < -0.3 is 5.73 Å². The average Bonchev–Trinajstić information content (AvgIpc) is 2.65. The van der Waals surface area contributed by atoms with Gasteiger partial charge in [0.1, 0.15) is 0 Å². The number of nitrogens with two attached hydrogens (primary N) is 1. The highest BCUT2D eigenvalue weighted by molar-refractivity contribution is 5.18. The predicted molar refractivity (Wildman–Crippen MR) is 113 cm³/mol. The minimum atomic E-state index is 0.225. The van der Waals surface area contributed by atoms with Gasteiger partial charge in [0.15, 0.2) is 0 Å². The zero-order valence-electron chi connectivity index (χ0n) is 16.9. The van der Waals surface area contributed by atoms with Gasteiger partial charge in [0, 0.05) is 6.04 Å². The van der Waals surface area contributed by atoms with Crippen LogP contribution in [0.2, 0.25) is 0 Å². The minimum absolute atomic E-state index is 0.225. The predicted octanol–water partition coefficient (Wildman–Crippen LogP) is 7.95. The summed E-state index contributed by atoms with van der Waals surface area (Å²) in [7, 11) is 0. The maximum atomic E-state index is 6.25. The minimum Gasteiger partial charge on any atom is -0.324 e. The molecule has 0 fully saturated rings. The third-order valence-electron chi connectivity index (χ3n) is 5.35. The molecule has 1 aromatic carbocycles. The van der Waals surface area contributed by atoms with Crippen LogP contribution in [-0.2, 0) is 0 Å². The van der Waals surface area contributed by atoms with Crippen molar-refractivity contribution < 1.29 is 0 Å². The van der Waals surface area contributed by atoms with Crippen molar-refractivity contribution >= 4 is 0 Å². The van der Waals surface area contributed by atoms with Crippen molar-refractivity contribution in [3.8, 4) is 0 Å². The van der Waals surface area contributed by atoms with Crippen LogP contribution in [0.1, 0.15) is 121 Å². The first-order valence-corrected chi connectivity index (χ1v) is 11.1. The summed E-state index contributed by atoms with van der Waals surface area (Å²) >= 11 is 0. The molecule has 1 atom stereocenters. The molecule has 0 saturated carbocycles. The Bertz CT molecular complexity index is 373. The van der Waals surface area contributed by atoms with Gasteiger partial charge in [-0.15, -0.1) is 0 Å². The zero-order valence-corrected chi connectivity index (χ0v) is 16.9. The van der Waals surface area contributed by atoms with E-state index in [-0.39, 0.29) is 6.04 Å². The quantitative estimate of drug-likeness (QED) is 0.285. The Morgan fingerprint density at radius 1 is 0.600 bits per heavy atom. The highest BCUT2D eigenvalue weighted by Gasteiger charge is 2.04. The number of rotatable bonds is 17. The van der Waals surface area contributed by atoms with Crippen LogP contribution in [0.3, 0.4) is 0 Å². The molecule has 0 heterocycles. The first-order valence-electron chi connectivity index (χ1n) is 11.1. The molecule has 0 aliphatic rings. The molecule has 0 aliphatic carbocycles. The topological polar surface area (TPSA) is 26.0 Å². The zero-order chi connectivity index (χ0) is 18.0. The Labute approximate surface area is 157 Å². The van der Waals surface area contributed by atoms with Crippen molar-refractivity contribution in [1.82, 2.24) is 0 Å². The lowest BCUT2D eigenvalue weighted by Crippen LogP contribution is -2.09. The normalized spacial score (nSPS) is 12.4. The molecule has 1 rings (SSSR count). The maximum Gasteiger partial charge on any atom is 0.0294 e. The van der Waals surface area contributed by atoms with Crippen molar-refractivity contribution in [2.45, 2.75) is 116 Å². The van der Waals surface area contributed by atoms with Gasteiger partial charge >= 0.3 is 0 Å². The highest BCUT2D eigenvalue weighted by atomic mass is 14.6. The molecule has 1 heteroatoms. The first-order chi connectivity index (χ1) is 12.3. The van der Waals surface area contributed by atoms with Crippen LogP contribution in [0.4, 0.5) is 0 Å². The Hall–Kier alpha value is -0.820. The Morgan fingerprint density at radius 3 is 1.44 bits per heavy atom. The molecule has 0 aliphatic heterocycles. The lowest BCUT2D eigenvalue weighted by atomic mass is 10.00. The molecule has 2 N–H and O–H groups in total. The molecular formula is C24H43N. The van der Waals surface area contributed by atoms with Crippen molar-refractivity contribution in [3.05, 3.63) is 35.9 Å². The van der Waals surface area contributed by atoms with Crippen molar-refractivity contribution in [1.29, 1.82) is 0 Å². The monoisotopic (exact) mass is 345 g/mol. The number of hydrogen-bond acceptors (Lipinski definition) is 1. The van der Waals surface area contributed by atoms with Crippen molar-refractivity contribution in [2.24, 2.45) is 5.73 Å². The summed E-state index contributed by atoms with van der Waals surface area (Å²) in [6.45, 7) is 2.29. The van der Waals surface area contributed by atoms with E-state index >= 15 is 0 Å². The summed E-state index contributed by atoms with van der Waals surface area (Å²) < 4.78 is 0. The molecule has 0 bridgehead atoms. The van der Waals surface area contributed by atoms with Gasteiger partial charge in [-0.05, 0) is 12.0 Å². The number of benzene rings is 1. The molecule has 1 unspecified atom stereocenters. The Balaban J connectivity index is 1.77. The highest BCUT2D eigenvalue weighted by Crippen LogP contribution is 2.18. The second kappa shape index (κ2) is 16.6. The fourth-order valence-electron chi connectivity index (χ4n) is 3.60. The summed E-state index contributed by atoms with van der Waals surface area (Å²) in [5.74, 6) is 0. The van der Waals surface area contributed by atoms with Gasteiger partial charge in [-0.3, -0.25) is 0 Å². The van der Waals surface area contributed by atoms with E-state index in [1.165, 1.54) is 102 Å². The van der Waals surface area contributed by atoms with Crippen LogP contribution in [0, 0.1) is 0 Å². The van der Waals surface area contributed by atoms with Crippen LogP contribution < -0.4 is 5.73 Å². The molecular weight excluding hydrogens is 302 g/mol. The molecule has 0 saturated heterocycles. The van der Waals surface area contributed by atoms with Crippen molar-refractivity contribution in [3.63, 3.8) is 0 Å². The summed E-state index contributed by atoms with van der Waals surface area (Å²) in [5.41, 5.74) is 7.53. The van der Waals surface area contributed by atoms with Crippen LogP contribution in [0.15, 0.2) is 30.3 Å². The molecule has 25 heavy (non-hydrogen) atoms. The van der Waals surface area contributed by atoms with E-state index in [1.54, 1.807) is 0 Å². The second-order valence-corrected chi connectivity index (χ2v) is 7.76. The largest absolute Gasteiger partial charge is 0.324 e. The molecule has 0 radical (unpaired) electrons. The van der Waals surface area contributed by atoms with Gasteiger partial charge in [0.2, 0.25) is 0 Å². The van der Waals surface area contributed by atoms with E-state index in [4.69, 9.17) is 5.73 Å². The molecule has 144 valence electrons. The molecule has 0 spiro atoms. The van der Waals surface area contributed by atoms with E-state index in [1.807, 2.05) is 0 Å². The average molecular weight is 346 g/mol. The third kappa shape index (κ3) is 13.1. The first kappa shape index (κ1) is 22.2. The standard InChI is InChI=1S/C24H43N/c1-2-3-4-5-6-7-8-9-10-11-12-13-14-15-19-22-24(25)23-20-17-16-18-21-23/h16-18,20-21,24H,2-15,19,22,25H2,1H3. The van der Waals surface area contributed by atoms with E-state index in [9.17, 15) is 0 Å². The molecule has 0 aromatic heterocycles. The fourth-order valence-corrected chi connectivity index (χ4v) is 3.60. The maximum absolute atomic E-state index is 6.25. The molecule has 1 nitrogen and oxygen atoms in total. The molecule has 1 aromatic rings. The smallest absolute Gasteiger partial charge is 0.0294 e. The number of unbranched alkanes of at least 4 members (excludes halogenated alkanes) is 14. The van der Waals surface area contributed by atoms with Gasteiger partial charge in [0.25, 0.3) is 0 Å². The van der Waals surface area contributed by atoms with Gasteiger partial charge in [-0.25, -0.2) is 0 Å². The number of hydrogen-bond donors (Lipinski definition) is 1. The van der Waals surface area contributed by atoms with Crippen LogP contribution in [-0.4, -0.2) is 0 Å². The fraction of sp³-hybridized carbons (Fsp3) is 0.750. The summed E-state index contributed by atoms with van der Waals surface area (Å²) in [4.78, 5) is 0. The lowest BCUT2D eigenvalue weighted by Gasteiger charge is -2.11. The van der Waals surface area contributed by atoms with E-state index in [0.717, 1.165) is 6.42 Å². The van der Waals surface area contributed by atoms with E-state index < -0.39 is 0 Å². The lowest BCUT2D eigenvalue weighted by molar-refractivity contribution is 0.519. The molecule has 0 amide bonds. The second-order valence-electron chi connectivity index (χ2n) is 7.76. The van der Waals surface area contributed by atoms with Crippen LogP contribution in [0.25, 0.3) is 0 Å². The SMILES string of the molecule is CCCCCCCCCCCCCCCCCC(N)c1ccccc1. The summed E-state index contributed by atoms with van der Waals surface area (Å²) in [6.07, 6.45) is 22.4.